The maximum atomic E-state index is 11.9. The van der Waals surface area contributed by atoms with Crippen molar-refractivity contribution >= 4 is 34.9 Å². The first-order valence-corrected chi connectivity index (χ1v) is 8.11. The molecule has 1 heterocycles. The van der Waals surface area contributed by atoms with E-state index in [0.29, 0.717) is 17.9 Å². The molecular weight excluding hydrogens is 344 g/mol. The van der Waals surface area contributed by atoms with E-state index < -0.39 is 5.91 Å². The summed E-state index contributed by atoms with van der Waals surface area (Å²) in [5.74, 6) is -0.970. The molecule has 0 aliphatic carbocycles. The molecule has 1 fully saturated rings. The fraction of sp³-hybridized carbons (Fsp3) is 0.375. The number of hydrogen-bond acceptors (Lipinski definition) is 5. The number of amides is 1. The summed E-state index contributed by atoms with van der Waals surface area (Å²) >= 11 is 6.20. The minimum Gasteiger partial charge on any atom is -0.370 e. The highest BCUT2D eigenvalue weighted by Crippen LogP contribution is 2.30. The lowest BCUT2D eigenvalue weighted by atomic mass is 9.98. The molecule has 1 atom stereocenters. The topological polar surface area (TPSA) is 150 Å². The molecule has 0 saturated carbocycles. The number of hydrogen-bond donors (Lipinski definition) is 4. The number of ether oxygens (including phenoxy) is 1. The Hall–Kier alpha value is -2.63. The van der Waals surface area contributed by atoms with Crippen LogP contribution in [-0.4, -0.2) is 30.4 Å². The van der Waals surface area contributed by atoms with Crippen molar-refractivity contribution in [2.45, 2.75) is 31.9 Å². The first-order chi connectivity index (χ1) is 11.9. The third-order valence-electron chi connectivity index (χ3n) is 3.70. The molecule has 1 saturated heterocycles. The molecule has 1 amide bonds. The lowest BCUT2D eigenvalue weighted by Crippen LogP contribution is -2.28. The average Bonchev–Trinajstić information content (AvgIpc) is 2.57. The Morgan fingerprint density at radius 1 is 1.48 bits per heavy atom. The monoisotopic (exact) mass is 362 g/mol. The van der Waals surface area contributed by atoms with Crippen LogP contribution in [0.5, 0.6) is 0 Å². The molecular formula is C16H19ClN6O2. The quantitative estimate of drug-likeness (QED) is 0.460. The minimum atomic E-state index is -0.611. The molecule has 9 heteroatoms. The molecule has 1 aromatic carbocycles. The number of guanidine groups is 1. The highest BCUT2D eigenvalue weighted by Gasteiger charge is 2.22. The highest BCUT2D eigenvalue weighted by molar-refractivity contribution is 6.33. The van der Waals surface area contributed by atoms with Gasteiger partial charge < -0.3 is 21.5 Å². The molecule has 132 valence electrons. The van der Waals surface area contributed by atoms with Crippen LogP contribution in [0.2, 0.25) is 5.02 Å². The van der Waals surface area contributed by atoms with E-state index in [1.807, 2.05) is 0 Å². The molecule has 6 N–H and O–H groups in total. The van der Waals surface area contributed by atoms with Crippen LogP contribution < -0.4 is 16.8 Å². The number of nitrogens with zero attached hydrogens (tertiary/aromatic N) is 2. The number of carbonyl (C=O) groups excluding carboxylic acids is 1. The lowest BCUT2D eigenvalue weighted by molar-refractivity contribution is -0.117. The van der Waals surface area contributed by atoms with Crippen molar-refractivity contribution in [2.24, 2.45) is 16.5 Å². The van der Waals surface area contributed by atoms with Gasteiger partial charge in [0, 0.05) is 22.9 Å². The zero-order chi connectivity index (χ0) is 18.4. The van der Waals surface area contributed by atoms with Crippen LogP contribution in [0.4, 0.5) is 5.69 Å². The zero-order valence-corrected chi connectivity index (χ0v) is 14.3. The number of rotatable bonds is 5. The van der Waals surface area contributed by atoms with Gasteiger partial charge in [-0.05, 0) is 37.0 Å². The zero-order valence-electron chi connectivity index (χ0n) is 13.5. The van der Waals surface area contributed by atoms with Crippen molar-refractivity contribution in [3.05, 3.63) is 28.3 Å². The van der Waals surface area contributed by atoms with Gasteiger partial charge in [0.2, 0.25) is 0 Å². The van der Waals surface area contributed by atoms with Gasteiger partial charge in [0.25, 0.3) is 5.91 Å². The summed E-state index contributed by atoms with van der Waals surface area (Å²) in [6.45, 7) is 0.645. The Kier molecular flexibility index (Phi) is 6.33. The molecule has 0 spiro atoms. The van der Waals surface area contributed by atoms with Crippen LogP contribution >= 0.6 is 11.6 Å². The SMILES string of the molecule is N#CC(=N)c1c(NC2CCCCO2)ccc(Cl)c1CC(=O)N=C(N)N. The number of nitriles is 1. The smallest absolute Gasteiger partial charge is 0.253 e. The molecule has 0 aromatic heterocycles. The number of nitrogens with one attached hydrogen (secondary N) is 2. The summed E-state index contributed by atoms with van der Waals surface area (Å²) in [4.78, 5) is 15.4. The Morgan fingerprint density at radius 3 is 2.84 bits per heavy atom. The number of aliphatic imine (C=N–C) groups is 1. The number of anilines is 1. The van der Waals surface area contributed by atoms with Crippen molar-refractivity contribution in [2.75, 3.05) is 11.9 Å². The van der Waals surface area contributed by atoms with E-state index in [0.717, 1.165) is 19.3 Å². The molecule has 1 aromatic rings. The third-order valence-corrected chi connectivity index (χ3v) is 4.05. The van der Waals surface area contributed by atoms with E-state index in [-0.39, 0.29) is 34.9 Å². The molecule has 0 bridgehead atoms. The fourth-order valence-electron chi connectivity index (χ4n) is 2.62. The number of nitrogens with two attached hydrogens (primary N) is 2. The van der Waals surface area contributed by atoms with Gasteiger partial charge in [-0.3, -0.25) is 10.2 Å². The van der Waals surface area contributed by atoms with Crippen LogP contribution in [0, 0.1) is 16.7 Å². The Bertz CT molecular complexity index is 746. The van der Waals surface area contributed by atoms with Crippen LogP contribution in [0.1, 0.15) is 30.4 Å². The number of carbonyl (C=O) groups is 1. The van der Waals surface area contributed by atoms with E-state index in [9.17, 15) is 10.1 Å². The third kappa shape index (κ3) is 4.92. The second-order valence-corrected chi connectivity index (χ2v) is 5.95. The van der Waals surface area contributed by atoms with Gasteiger partial charge in [-0.1, -0.05) is 11.6 Å². The van der Waals surface area contributed by atoms with Crippen molar-refractivity contribution in [1.29, 1.82) is 10.7 Å². The summed E-state index contributed by atoms with van der Waals surface area (Å²) in [5, 5.41) is 20.6. The van der Waals surface area contributed by atoms with Gasteiger partial charge in [0.15, 0.2) is 5.96 Å². The van der Waals surface area contributed by atoms with Gasteiger partial charge in [-0.25, -0.2) is 0 Å². The second kappa shape index (κ2) is 8.46. The van der Waals surface area contributed by atoms with E-state index >= 15 is 0 Å². The summed E-state index contributed by atoms with van der Waals surface area (Å²) < 4.78 is 5.63. The summed E-state index contributed by atoms with van der Waals surface area (Å²) in [6, 6.07) is 5.05. The van der Waals surface area contributed by atoms with Crippen LogP contribution in [-0.2, 0) is 16.0 Å². The van der Waals surface area contributed by atoms with Gasteiger partial charge >= 0.3 is 0 Å². The molecule has 8 nitrogen and oxygen atoms in total. The molecule has 0 radical (unpaired) electrons. The van der Waals surface area contributed by atoms with Gasteiger partial charge in [0.1, 0.15) is 18.0 Å². The van der Waals surface area contributed by atoms with E-state index in [4.69, 9.17) is 33.2 Å². The first kappa shape index (κ1) is 18.7. The van der Waals surface area contributed by atoms with Crippen LogP contribution in [0.25, 0.3) is 0 Å². The van der Waals surface area contributed by atoms with E-state index in [2.05, 4.69) is 10.3 Å². The predicted molar refractivity (Wildman–Crippen MR) is 95.6 cm³/mol. The summed E-state index contributed by atoms with van der Waals surface area (Å²) in [6.07, 6.45) is 2.38. The Balaban J connectivity index is 2.41. The van der Waals surface area contributed by atoms with Crippen LogP contribution in [0.15, 0.2) is 17.1 Å². The van der Waals surface area contributed by atoms with E-state index in [1.54, 1.807) is 18.2 Å². The number of benzene rings is 1. The molecule has 1 unspecified atom stereocenters. The largest absolute Gasteiger partial charge is 0.370 e. The maximum Gasteiger partial charge on any atom is 0.253 e. The van der Waals surface area contributed by atoms with Crippen molar-refractivity contribution in [3.8, 4) is 6.07 Å². The summed E-state index contributed by atoms with van der Waals surface area (Å²) in [7, 11) is 0. The van der Waals surface area contributed by atoms with E-state index in [1.165, 1.54) is 0 Å². The Morgan fingerprint density at radius 2 is 2.24 bits per heavy atom. The lowest BCUT2D eigenvalue weighted by Gasteiger charge is -2.26. The average molecular weight is 363 g/mol. The molecule has 2 rings (SSSR count). The van der Waals surface area contributed by atoms with Gasteiger partial charge in [-0.2, -0.15) is 10.3 Å². The first-order valence-electron chi connectivity index (χ1n) is 7.73. The van der Waals surface area contributed by atoms with Crippen LogP contribution in [0.3, 0.4) is 0 Å². The van der Waals surface area contributed by atoms with Crippen molar-refractivity contribution in [1.82, 2.24) is 0 Å². The van der Waals surface area contributed by atoms with Gasteiger partial charge in [0.05, 0.1) is 6.42 Å². The molecule has 1 aliphatic heterocycles. The van der Waals surface area contributed by atoms with Crippen molar-refractivity contribution in [3.63, 3.8) is 0 Å². The van der Waals surface area contributed by atoms with Crippen molar-refractivity contribution < 1.29 is 9.53 Å². The normalized spacial score (nSPS) is 16.6. The maximum absolute atomic E-state index is 11.9. The highest BCUT2D eigenvalue weighted by atomic mass is 35.5. The summed E-state index contributed by atoms with van der Waals surface area (Å²) in [5.41, 5.74) is 11.2. The second-order valence-electron chi connectivity index (χ2n) is 5.54. The fourth-order valence-corrected chi connectivity index (χ4v) is 2.84. The Labute approximate surface area is 150 Å². The predicted octanol–water partition coefficient (Wildman–Crippen LogP) is 1.51. The standard InChI is InChI=1S/C16H19ClN6O2/c17-10-4-5-12(22-14-3-1-2-6-25-14)15(11(19)8-18)9(10)7-13(24)23-16(20)21/h4-5,14,19,22H,1-3,6-7H2,(H4,20,21,23,24). The minimum absolute atomic E-state index is 0.221. The molecule has 1 aliphatic rings. The van der Waals surface area contributed by atoms with Gasteiger partial charge in [-0.15, -0.1) is 0 Å². The molecule has 25 heavy (non-hydrogen) atoms. The number of halogens is 1.